The molecule has 2 aromatic carbocycles. The van der Waals surface area contributed by atoms with Crippen LogP contribution in [-0.2, 0) is 6.18 Å². The summed E-state index contributed by atoms with van der Waals surface area (Å²) in [5.41, 5.74) is 1.33. The number of aliphatic hydroxyl groups is 1. The van der Waals surface area contributed by atoms with Crippen LogP contribution in [0.2, 0.25) is 0 Å². The van der Waals surface area contributed by atoms with Crippen molar-refractivity contribution in [1.29, 1.82) is 0 Å². The van der Waals surface area contributed by atoms with Gasteiger partial charge in [-0.25, -0.2) is 4.98 Å². The predicted octanol–water partition coefficient (Wildman–Crippen LogP) is 5.22. The molecule has 1 aromatic heterocycles. The summed E-state index contributed by atoms with van der Waals surface area (Å²) in [7, 11) is 0. The van der Waals surface area contributed by atoms with Crippen LogP contribution in [0.25, 0.3) is 10.6 Å². The highest BCUT2D eigenvalue weighted by molar-refractivity contribution is 7.15. The molecule has 0 amide bonds. The molecule has 0 saturated heterocycles. The largest absolute Gasteiger partial charge is 0.416 e. The van der Waals surface area contributed by atoms with E-state index in [1.165, 1.54) is 23.5 Å². The molecule has 0 aliphatic rings. The van der Waals surface area contributed by atoms with Crippen molar-refractivity contribution in [3.63, 3.8) is 0 Å². The first-order valence-electron chi connectivity index (χ1n) is 7.24. The van der Waals surface area contributed by atoms with Gasteiger partial charge in [-0.05, 0) is 24.6 Å². The van der Waals surface area contributed by atoms with Gasteiger partial charge in [0.1, 0.15) is 11.1 Å². The lowest BCUT2D eigenvalue weighted by atomic mass is 10.1. The zero-order valence-corrected chi connectivity index (χ0v) is 13.5. The Labute approximate surface area is 141 Å². The number of aryl methyl sites for hydroxylation is 1. The molecule has 3 rings (SSSR count). The Morgan fingerprint density at radius 2 is 1.62 bits per heavy atom. The third kappa shape index (κ3) is 3.34. The quantitative estimate of drug-likeness (QED) is 0.703. The van der Waals surface area contributed by atoms with E-state index in [-0.39, 0.29) is 0 Å². The van der Waals surface area contributed by atoms with Crippen LogP contribution in [0.15, 0.2) is 54.6 Å². The van der Waals surface area contributed by atoms with Crippen LogP contribution in [0.4, 0.5) is 13.2 Å². The second-order valence-corrected chi connectivity index (χ2v) is 6.39. The molecular formula is C18H14F3NOS. The maximum atomic E-state index is 12.6. The van der Waals surface area contributed by atoms with E-state index in [4.69, 9.17) is 0 Å². The molecular weight excluding hydrogens is 335 g/mol. The topological polar surface area (TPSA) is 33.1 Å². The lowest BCUT2D eigenvalue weighted by Gasteiger charge is -2.09. The molecule has 2 nitrogen and oxygen atoms in total. The van der Waals surface area contributed by atoms with Crippen LogP contribution in [-0.4, -0.2) is 10.1 Å². The number of alkyl halides is 3. The zero-order chi connectivity index (χ0) is 17.3. The Balaban J connectivity index is 1.92. The number of aromatic nitrogens is 1. The highest BCUT2D eigenvalue weighted by atomic mass is 32.1. The van der Waals surface area contributed by atoms with E-state index in [1.807, 2.05) is 30.3 Å². The molecule has 3 aromatic rings. The number of thiazole rings is 1. The van der Waals surface area contributed by atoms with Crippen molar-refractivity contribution in [3.05, 3.63) is 76.3 Å². The lowest BCUT2D eigenvalue weighted by Crippen LogP contribution is -2.03. The van der Waals surface area contributed by atoms with Gasteiger partial charge in [0.05, 0.1) is 16.1 Å². The summed E-state index contributed by atoms with van der Waals surface area (Å²) in [5.74, 6) is 0. The third-order valence-electron chi connectivity index (χ3n) is 3.66. The molecule has 0 bridgehead atoms. The maximum Gasteiger partial charge on any atom is 0.416 e. The number of nitrogens with zero attached hydrogens (tertiary/aromatic N) is 1. The average molecular weight is 349 g/mol. The van der Waals surface area contributed by atoms with Gasteiger partial charge in [-0.3, -0.25) is 0 Å². The van der Waals surface area contributed by atoms with Crippen molar-refractivity contribution in [1.82, 2.24) is 4.98 Å². The van der Waals surface area contributed by atoms with E-state index < -0.39 is 17.8 Å². The van der Waals surface area contributed by atoms with Gasteiger partial charge in [-0.1, -0.05) is 42.5 Å². The first kappa shape index (κ1) is 16.7. The highest BCUT2D eigenvalue weighted by Crippen LogP contribution is 2.36. The number of hydrogen-bond acceptors (Lipinski definition) is 3. The molecule has 1 N–H and O–H groups in total. The van der Waals surface area contributed by atoms with E-state index in [0.717, 1.165) is 17.7 Å². The van der Waals surface area contributed by atoms with E-state index in [1.54, 1.807) is 6.92 Å². The molecule has 1 unspecified atom stereocenters. The number of halogens is 3. The molecule has 0 radical (unpaired) electrons. The van der Waals surface area contributed by atoms with Crippen molar-refractivity contribution in [2.45, 2.75) is 19.2 Å². The van der Waals surface area contributed by atoms with Crippen LogP contribution >= 0.6 is 11.3 Å². The summed E-state index contributed by atoms with van der Waals surface area (Å²) < 4.78 is 37.9. The summed E-state index contributed by atoms with van der Waals surface area (Å²) >= 11 is 1.29. The normalized spacial score (nSPS) is 13.0. The van der Waals surface area contributed by atoms with Gasteiger partial charge in [0.25, 0.3) is 0 Å². The number of benzene rings is 2. The number of aliphatic hydroxyl groups excluding tert-OH is 1. The van der Waals surface area contributed by atoms with Crippen LogP contribution in [0.5, 0.6) is 0 Å². The Morgan fingerprint density at radius 1 is 1.00 bits per heavy atom. The average Bonchev–Trinajstić information content (AvgIpc) is 2.96. The van der Waals surface area contributed by atoms with Crippen LogP contribution < -0.4 is 0 Å². The van der Waals surface area contributed by atoms with Gasteiger partial charge in [0, 0.05) is 5.56 Å². The second-order valence-electron chi connectivity index (χ2n) is 5.36. The Kier molecular flexibility index (Phi) is 4.43. The monoisotopic (exact) mass is 349 g/mol. The minimum atomic E-state index is -4.36. The van der Waals surface area contributed by atoms with Crippen molar-refractivity contribution in [2.24, 2.45) is 0 Å². The minimum absolute atomic E-state index is 0.589. The number of hydrogen-bond donors (Lipinski definition) is 1. The summed E-state index contributed by atoms with van der Waals surface area (Å²) in [6, 6.07) is 14.1. The fourth-order valence-corrected chi connectivity index (χ4v) is 3.46. The summed E-state index contributed by atoms with van der Waals surface area (Å²) in [4.78, 5) is 5.09. The van der Waals surface area contributed by atoms with Crippen molar-refractivity contribution in [3.8, 4) is 10.6 Å². The van der Waals surface area contributed by atoms with E-state index in [9.17, 15) is 18.3 Å². The molecule has 24 heavy (non-hydrogen) atoms. The number of rotatable bonds is 3. The molecule has 0 aliphatic heterocycles. The molecule has 0 spiro atoms. The van der Waals surface area contributed by atoms with Gasteiger partial charge in [0.2, 0.25) is 0 Å². The Bertz CT molecular complexity index is 826. The summed E-state index contributed by atoms with van der Waals surface area (Å²) in [6.07, 6.45) is -5.15. The summed E-state index contributed by atoms with van der Waals surface area (Å²) in [5, 5.41) is 11.1. The minimum Gasteiger partial charge on any atom is -0.383 e. The standard InChI is InChI=1S/C18H14F3NOS/c1-11-16(15(23)12-5-3-2-4-6-12)24-17(22-11)13-7-9-14(10-8-13)18(19,20)21/h2-10,15,23H,1H3. The fraction of sp³-hybridized carbons (Fsp3) is 0.167. The van der Waals surface area contributed by atoms with E-state index >= 15 is 0 Å². The first-order valence-corrected chi connectivity index (χ1v) is 8.06. The van der Waals surface area contributed by atoms with Crippen molar-refractivity contribution < 1.29 is 18.3 Å². The zero-order valence-electron chi connectivity index (χ0n) is 12.7. The first-order chi connectivity index (χ1) is 11.4. The molecule has 124 valence electrons. The molecule has 6 heteroatoms. The van der Waals surface area contributed by atoms with E-state index in [0.29, 0.717) is 21.1 Å². The van der Waals surface area contributed by atoms with Gasteiger partial charge in [-0.2, -0.15) is 13.2 Å². The molecule has 0 saturated carbocycles. The van der Waals surface area contributed by atoms with Gasteiger partial charge in [0.15, 0.2) is 0 Å². The third-order valence-corrected chi connectivity index (χ3v) is 4.91. The van der Waals surface area contributed by atoms with E-state index in [2.05, 4.69) is 4.98 Å². The smallest absolute Gasteiger partial charge is 0.383 e. The summed E-state index contributed by atoms with van der Waals surface area (Å²) in [6.45, 7) is 1.78. The Hall–Kier alpha value is -2.18. The Morgan fingerprint density at radius 3 is 2.21 bits per heavy atom. The molecule has 0 aliphatic carbocycles. The second kappa shape index (κ2) is 6.37. The van der Waals surface area contributed by atoms with Crippen LogP contribution in [0, 0.1) is 6.92 Å². The SMILES string of the molecule is Cc1nc(-c2ccc(C(F)(F)F)cc2)sc1C(O)c1ccccc1. The maximum absolute atomic E-state index is 12.6. The molecule has 0 fully saturated rings. The van der Waals surface area contributed by atoms with Crippen LogP contribution in [0.1, 0.15) is 27.8 Å². The lowest BCUT2D eigenvalue weighted by molar-refractivity contribution is -0.137. The van der Waals surface area contributed by atoms with Crippen LogP contribution in [0.3, 0.4) is 0 Å². The van der Waals surface area contributed by atoms with Crippen molar-refractivity contribution in [2.75, 3.05) is 0 Å². The fourth-order valence-electron chi connectivity index (χ4n) is 2.37. The van der Waals surface area contributed by atoms with Crippen molar-refractivity contribution >= 4 is 11.3 Å². The van der Waals surface area contributed by atoms with Gasteiger partial charge in [-0.15, -0.1) is 11.3 Å². The molecule has 1 atom stereocenters. The van der Waals surface area contributed by atoms with Gasteiger partial charge >= 0.3 is 6.18 Å². The van der Waals surface area contributed by atoms with Gasteiger partial charge < -0.3 is 5.11 Å². The highest BCUT2D eigenvalue weighted by Gasteiger charge is 2.30. The predicted molar refractivity (Wildman–Crippen MR) is 87.8 cm³/mol. The molecule has 1 heterocycles.